The van der Waals surface area contributed by atoms with Gasteiger partial charge in [-0.1, -0.05) is 0 Å². The Morgan fingerprint density at radius 2 is 1.15 bits per heavy atom. The maximum atomic E-state index is 9.00. The first-order valence-corrected chi connectivity index (χ1v) is 3.86. The lowest BCUT2D eigenvalue weighted by molar-refractivity contribution is 0.256. The van der Waals surface area contributed by atoms with Crippen LogP contribution in [0.4, 0.5) is 4.79 Å². The molecule has 2 amide bonds. The quantitative estimate of drug-likeness (QED) is 0.124. The number of amides is 2. The fraction of sp³-hybridized carbons (Fsp3) is 0. The van der Waals surface area contributed by atoms with Gasteiger partial charge >= 0.3 is 16.3 Å². The predicted octanol–water partition coefficient (Wildman–Crippen LogP) is -3.39. The third kappa shape index (κ3) is 291. The molecule has 0 saturated carbocycles. The molecule has 0 heterocycles. The highest BCUT2D eigenvalue weighted by Crippen LogP contribution is 1.50. The molecule has 13 heavy (non-hydrogen) atoms. The second kappa shape index (κ2) is 8.51. The van der Waals surface area contributed by atoms with Gasteiger partial charge in [0.1, 0.15) is 0 Å². The van der Waals surface area contributed by atoms with Crippen LogP contribution in [-0.2, 0) is 10.3 Å². The molecule has 11 heteroatoms. The molecule has 0 aliphatic rings. The van der Waals surface area contributed by atoms with Gasteiger partial charge in [0.05, 0.1) is 0 Å². The van der Waals surface area contributed by atoms with Gasteiger partial charge in [-0.3, -0.25) is 9.96 Å². The van der Waals surface area contributed by atoms with Crippen LogP contribution in [0.25, 0.3) is 0 Å². The monoisotopic (exact) mass is 216 g/mol. The van der Waals surface area contributed by atoms with Gasteiger partial charge in [-0.05, 0) is 0 Å². The molecule has 0 rings (SSSR count). The van der Waals surface area contributed by atoms with Crippen LogP contribution in [-0.4, -0.2) is 25.0 Å². The highest BCUT2D eigenvalue weighted by atomic mass is 32.2. The van der Waals surface area contributed by atoms with Gasteiger partial charge in [0.2, 0.25) is 0 Å². The van der Waals surface area contributed by atoms with Crippen molar-refractivity contribution in [3.63, 3.8) is 0 Å². The minimum atomic E-state index is -4.17. The Morgan fingerprint density at radius 1 is 1.15 bits per heavy atom. The molecule has 0 aromatic carbocycles. The average molecular weight is 216 g/mol. The van der Waals surface area contributed by atoms with E-state index in [2.05, 4.69) is 28.1 Å². The van der Waals surface area contributed by atoms with E-state index in [4.69, 9.17) is 23.2 Å². The molecule has 0 aliphatic heterocycles. The second-order valence-corrected chi connectivity index (χ2v) is 2.40. The smallest absolute Gasteiger partial charge is 0.330 e. The highest BCUT2D eigenvalue weighted by molar-refractivity contribution is 7.83. The summed E-state index contributed by atoms with van der Waals surface area (Å²) in [6.07, 6.45) is 0. The number of hydrogen-bond donors (Lipinski definition) is 7. The fourth-order valence-electron chi connectivity index (χ4n) is 0. The van der Waals surface area contributed by atoms with E-state index in [9.17, 15) is 0 Å². The lowest BCUT2D eigenvalue weighted by Gasteiger charge is -1.70. The highest BCUT2D eigenvalue weighted by Gasteiger charge is 1.81. The van der Waals surface area contributed by atoms with Crippen molar-refractivity contribution >= 4 is 22.3 Å². The molecule has 10 nitrogen and oxygen atoms in total. The van der Waals surface area contributed by atoms with Crippen LogP contribution in [0.5, 0.6) is 0 Å². The van der Waals surface area contributed by atoms with Gasteiger partial charge in [0.15, 0.2) is 5.96 Å². The molecule has 0 aromatic rings. The summed E-state index contributed by atoms with van der Waals surface area (Å²) in [5.74, 6) is -0.333. The van der Waals surface area contributed by atoms with Crippen molar-refractivity contribution in [2.24, 2.45) is 28.1 Å². The Balaban J connectivity index is -0.000000117. The van der Waals surface area contributed by atoms with Gasteiger partial charge in [-0.25, -0.2) is 9.93 Å². The Kier molecular flexibility index (Phi) is 11.4. The van der Waals surface area contributed by atoms with Crippen molar-refractivity contribution in [2.75, 3.05) is 0 Å². The summed E-state index contributed by atoms with van der Waals surface area (Å²) in [5.41, 5.74) is 17.4. The van der Waals surface area contributed by atoms with E-state index in [1.54, 1.807) is 0 Å². The molecule has 0 fully saturated rings. The van der Waals surface area contributed by atoms with Gasteiger partial charge < -0.3 is 22.9 Å². The molecule has 80 valence electrons. The number of primary amides is 2. The minimum absolute atomic E-state index is 0.333. The van der Waals surface area contributed by atoms with Crippen LogP contribution >= 0.6 is 0 Å². The van der Waals surface area contributed by atoms with Gasteiger partial charge in [0, 0.05) is 0 Å². The van der Waals surface area contributed by atoms with Crippen LogP contribution in [0.3, 0.4) is 0 Å². The zero-order valence-corrected chi connectivity index (χ0v) is 7.28. The molecular formula is C2H12N6O4S. The summed E-state index contributed by atoms with van der Waals surface area (Å²) < 4.78 is 25.2. The molecule has 0 radical (unpaired) electrons. The van der Waals surface area contributed by atoms with E-state index in [0.29, 0.717) is 0 Å². The molecule has 0 atom stereocenters. The van der Waals surface area contributed by atoms with Gasteiger partial charge in [-0.2, -0.15) is 8.42 Å². The normalized spacial score (nSPS) is 8.15. The van der Waals surface area contributed by atoms with Crippen molar-refractivity contribution in [3.05, 3.63) is 0 Å². The Hall–Kier alpha value is -1.59. The zero-order valence-electron chi connectivity index (χ0n) is 6.47. The molecular weight excluding hydrogens is 204 g/mol. The Labute approximate surface area is 74.4 Å². The lowest BCUT2D eigenvalue weighted by Crippen LogP contribution is -2.20. The fourth-order valence-corrected chi connectivity index (χ4v) is 0. The van der Waals surface area contributed by atoms with E-state index in [0.717, 1.165) is 0 Å². The Bertz CT molecular complexity index is 217. The molecule has 12 N–H and O–H groups in total. The number of nitrogens with one attached hydrogen (secondary N) is 1. The van der Waals surface area contributed by atoms with Gasteiger partial charge in [-0.15, -0.1) is 0 Å². The second-order valence-electron chi connectivity index (χ2n) is 1.37. The number of rotatable bonds is 0. The standard InChI is InChI=1S/CH5N3.CH4N2O.H3NO3S/c2*2-1(3)4;1-5(2,3)4/h(H5,2,3,4);(H4,2,3,4);(H3,1,2,3,4). The van der Waals surface area contributed by atoms with Crippen LogP contribution in [0.1, 0.15) is 0 Å². The van der Waals surface area contributed by atoms with Crippen LogP contribution in [0, 0.1) is 5.41 Å². The topological polar surface area (TPSA) is 225 Å². The molecule has 0 aromatic heterocycles. The summed E-state index contributed by atoms with van der Waals surface area (Å²) in [6, 6.07) is -0.833. The molecule has 0 bridgehead atoms. The minimum Gasteiger partial charge on any atom is -0.370 e. The molecule has 0 spiro atoms. The van der Waals surface area contributed by atoms with Crippen molar-refractivity contribution in [1.29, 1.82) is 5.41 Å². The number of guanidine groups is 1. The first kappa shape index (κ1) is 17.5. The van der Waals surface area contributed by atoms with Gasteiger partial charge in [0.25, 0.3) is 0 Å². The van der Waals surface area contributed by atoms with Crippen molar-refractivity contribution in [2.45, 2.75) is 0 Å². The van der Waals surface area contributed by atoms with Crippen LogP contribution in [0.2, 0.25) is 0 Å². The van der Waals surface area contributed by atoms with E-state index >= 15 is 0 Å². The van der Waals surface area contributed by atoms with E-state index in [1.807, 2.05) is 0 Å². The average Bonchev–Trinajstić information content (AvgIpc) is 1.50. The lowest BCUT2D eigenvalue weighted by atomic mass is 11.1. The summed E-state index contributed by atoms with van der Waals surface area (Å²) >= 11 is 0. The third-order valence-electron chi connectivity index (χ3n) is 0. The number of carbonyl (C=O) groups excluding carboxylic acids is 1. The number of urea groups is 1. The molecule has 0 saturated heterocycles. The maximum Gasteiger partial charge on any atom is 0.330 e. The van der Waals surface area contributed by atoms with E-state index < -0.39 is 16.3 Å². The Morgan fingerprint density at radius 3 is 1.15 bits per heavy atom. The van der Waals surface area contributed by atoms with E-state index in [1.165, 1.54) is 0 Å². The third-order valence-corrected chi connectivity index (χ3v) is 0. The maximum absolute atomic E-state index is 9.00. The first-order chi connectivity index (χ1) is 5.46. The number of carbonyl (C=O) groups is 1. The number of nitrogens with two attached hydrogens (primary N) is 5. The van der Waals surface area contributed by atoms with E-state index in [-0.39, 0.29) is 5.96 Å². The van der Waals surface area contributed by atoms with Crippen LogP contribution < -0.4 is 28.1 Å². The summed E-state index contributed by atoms with van der Waals surface area (Å²) in [6.45, 7) is 0. The molecule has 0 unspecified atom stereocenters. The SMILES string of the molecule is N=C(N)N.NC(N)=O.NS(=O)(=O)O. The van der Waals surface area contributed by atoms with Crippen molar-refractivity contribution < 1.29 is 17.8 Å². The summed E-state index contributed by atoms with van der Waals surface area (Å²) in [4.78, 5) is 9.00. The van der Waals surface area contributed by atoms with Crippen LogP contribution in [0.15, 0.2) is 0 Å². The van der Waals surface area contributed by atoms with Crippen molar-refractivity contribution in [3.8, 4) is 0 Å². The predicted molar refractivity (Wildman–Crippen MR) is 45.6 cm³/mol. The summed E-state index contributed by atoms with van der Waals surface area (Å²) in [7, 11) is -4.17. The largest absolute Gasteiger partial charge is 0.370 e. The first-order valence-electron chi connectivity index (χ1n) is 2.36. The molecule has 0 aliphatic carbocycles. The zero-order chi connectivity index (χ0) is 11.7. The summed E-state index contributed by atoms with van der Waals surface area (Å²) in [5, 5.41) is 9.94. The van der Waals surface area contributed by atoms with Crippen molar-refractivity contribution in [1.82, 2.24) is 0 Å². The number of hydrogen-bond acceptors (Lipinski definition) is 4.